The van der Waals surface area contributed by atoms with Crippen molar-refractivity contribution in [2.75, 3.05) is 6.54 Å². The topological polar surface area (TPSA) is 42.0 Å². The Kier molecular flexibility index (Phi) is 2.17. The maximum absolute atomic E-state index is 11.9. The molecule has 0 radical (unpaired) electrons. The number of Topliss-reactive ketones (excluding diaryl/α,β-unsaturated/α-hetero) is 1. The molecule has 1 aromatic rings. The highest BCUT2D eigenvalue weighted by atomic mass is 32.1. The molecule has 1 saturated heterocycles. The first-order valence-corrected chi connectivity index (χ1v) is 5.26. The fourth-order valence-corrected chi connectivity index (χ4v) is 2.21. The number of ketones is 1. The van der Waals surface area contributed by atoms with E-state index in [-0.39, 0.29) is 11.3 Å². The number of carbonyl (C=O) groups is 1. The van der Waals surface area contributed by atoms with E-state index < -0.39 is 0 Å². The minimum absolute atomic E-state index is 0.131. The number of nitrogens with zero attached hydrogens (tertiary/aromatic N) is 1. The molecule has 4 heteroatoms. The molecule has 1 atom stereocenters. The van der Waals surface area contributed by atoms with Crippen molar-refractivity contribution in [3.8, 4) is 0 Å². The second-order valence-electron chi connectivity index (χ2n) is 3.58. The van der Waals surface area contributed by atoms with Crippen molar-refractivity contribution in [2.24, 2.45) is 0 Å². The highest BCUT2D eigenvalue weighted by molar-refractivity contribution is 7.03. The van der Waals surface area contributed by atoms with Crippen molar-refractivity contribution in [3.05, 3.63) is 17.1 Å². The van der Waals surface area contributed by atoms with Crippen LogP contribution < -0.4 is 5.32 Å². The lowest BCUT2D eigenvalue weighted by Gasteiger charge is -2.20. The van der Waals surface area contributed by atoms with Crippen LogP contribution in [0, 0.1) is 0 Å². The zero-order valence-electron chi connectivity index (χ0n) is 7.54. The van der Waals surface area contributed by atoms with Gasteiger partial charge in [-0.05, 0) is 43.9 Å². The van der Waals surface area contributed by atoms with E-state index in [4.69, 9.17) is 0 Å². The van der Waals surface area contributed by atoms with Gasteiger partial charge >= 0.3 is 0 Å². The molecule has 0 saturated carbocycles. The van der Waals surface area contributed by atoms with E-state index in [1.807, 2.05) is 12.3 Å². The SMILES string of the molecule is CC1(C(=O)c2ccsn2)CCCN1. The summed E-state index contributed by atoms with van der Waals surface area (Å²) in [5.74, 6) is 0.131. The van der Waals surface area contributed by atoms with Crippen molar-refractivity contribution >= 4 is 17.3 Å². The number of hydrogen-bond acceptors (Lipinski definition) is 4. The van der Waals surface area contributed by atoms with Crippen molar-refractivity contribution < 1.29 is 4.79 Å². The number of rotatable bonds is 2. The van der Waals surface area contributed by atoms with E-state index in [0.717, 1.165) is 19.4 Å². The van der Waals surface area contributed by atoms with Gasteiger partial charge in [0.25, 0.3) is 0 Å². The highest BCUT2D eigenvalue weighted by Crippen LogP contribution is 2.23. The largest absolute Gasteiger partial charge is 0.305 e. The molecular formula is C9H12N2OS. The van der Waals surface area contributed by atoms with E-state index in [9.17, 15) is 4.79 Å². The molecule has 0 aliphatic carbocycles. The van der Waals surface area contributed by atoms with E-state index >= 15 is 0 Å². The lowest BCUT2D eigenvalue weighted by molar-refractivity contribution is 0.0880. The van der Waals surface area contributed by atoms with Crippen LogP contribution in [0.2, 0.25) is 0 Å². The second-order valence-corrected chi connectivity index (χ2v) is 4.24. The molecule has 3 nitrogen and oxygen atoms in total. The van der Waals surface area contributed by atoms with Crippen molar-refractivity contribution in [2.45, 2.75) is 25.3 Å². The molecule has 2 heterocycles. The molecule has 0 aromatic carbocycles. The normalized spacial score (nSPS) is 27.8. The van der Waals surface area contributed by atoms with Crippen LogP contribution in [-0.2, 0) is 0 Å². The summed E-state index contributed by atoms with van der Waals surface area (Å²) in [4.78, 5) is 11.9. The summed E-state index contributed by atoms with van der Waals surface area (Å²) >= 11 is 1.33. The van der Waals surface area contributed by atoms with Gasteiger partial charge < -0.3 is 5.32 Å². The Bertz CT molecular complexity index is 301. The van der Waals surface area contributed by atoms with E-state index in [1.54, 1.807) is 6.07 Å². The second kappa shape index (κ2) is 3.20. The minimum atomic E-state index is -0.367. The summed E-state index contributed by atoms with van der Waals surface area (Å²) in [5, 5.41) is 5.07. The predicted molar refractivity (Wildman–Crippen MR) is 52.1 cm³/mol. The smallest absolute Gasteiger partial charge is 0.201 e. The van der Waals surface area contributed by atoms with Gasteiger partial charge in [0.05, 0.1) is 5.54 Å². The Morgan fingerprint density at radius 3 is 3.15 bits per heavy atom. The van der Waals surface area contributed by atoms with E-state index in [0.29, 0.717) is 5.69 Å². The van der Waals surface area contributed by atoms with Gasteiger partial charge in [-0.2, -0.15) is 4.37 Å². The van der Waals surface area contributed by atoms with Crippen LogP contribution in [0.1, 0.15) is 30.3 Å². The third kappa shape index (κ3) is 1.51. The van der Waals surface area contributed by atoms with Gasteiger partial charge in [0.2, 0.25) is 5.78 Å². The van der Waals surface area contributed by atoms with Gasteiger partial charge in [-0.15, -0.1) is 0 Å². The zero-order valence-corrected chi connectivity index (χ0v) is 8.36. The maximum atomic E-state index is 11.9. The first kappa shape index (κ1) is 8.84. The van der Waals surface area contributed by atoms with Gasteiger partial charge in [0, 0.05) is 5.38 Å². The van der Waals surface area contributed by atoms with Gasteiger partial charge in [-0.25, -0.2) is 0 Å². The summed E-state index contributed by atoms with van der Waals surface area (Å²) < 4.78 is 4.06. The van der Waals surface area contributed by atoms with Gasteiger partial charge in [-0.3, -0.25) is 4.79 Å². The molecule has 0 spiro atoms. The van der Waals surface area contributed by atoms with Gasteiger partial charge in [-0.1, -0.05) is 0 Å². The maximum Gasteiger partial charge on any atom is 0.201 e. The lowest BCUT2D eigenvalue weighted by Crippen LogP contribution is -2.44. The molecule has 1 aromatic heterocycles. The molecule has 1 fully saturated rings. The Labute approximate surface area is 81.3 Å². The van der Waals surface area contributed by atoms with Crippen LogP contribution in [0.15, 0.2) is 11.4 Å². The standard InChI is InChI=1S/C9H12N2OS/c1-9(4-2-5-10-9)8(12)7-3-6-13-11-7/h3,6,10H,2,4-5H2,1H3. The van der Waals surface area contributed by atoms with Crippen LogP contribution >= 0.6 is 11.5 Å². The Morgan fingerprint density at radius 2 is 2.62 bits per heavy atom. The molecular weight excluding hydrogens is 184 g/mol. The first-order chi connectivity index (χ1) is 6.22. The minimum Gasteiger partial charge on any atom is -0.305 e. The Balaban J connectivity index is 2.21. The van der Waals surface area contributed by atoms with Crippen molar-refractivity contribution in [1.29, 1.82) is 0 Å². The van der Waals surface area contributed by atoms with Crippen LogP contribution in [0.5, 0.6) is 0 Å². The van der Waals surface area contributed by atoms with Gasteiger partial charge in [0.15, 0.2) is 0 Å². The molecule has 0 amide bonds. The summed E-state index contributed by atoms with van der Waals surface area (Å²) in [6.45, 7) is 2.90. The van der Waals surface area contributed by atoms with Crippen LogP contribution in [0.25, 0.3) is 0 Å². The van der Waals surface area contributed by atoms with E-state index in [2.05, 4.69) is 9.69 Å². The summed E-state index contributed by atoms with van der Waals surface area (Å²) in [7, 11) is 0. The average molecular weight is 196 g/mol. The molecule has 0 bridgehead atoms. The summed E-state index contributed by atoms with van der Waals surface area (Å²) in [6, 6.07) is 1.79. The fourth-order valence-electron chi connectivity index (χ4n) is 1.70. The van der Waals surface area contributed by atoms with Crippen LogP contribution in [0.4, 0.5) is 0 Å². The monoisotopic (exact) mass is 196 g/mol. The van der Waals surface area contributed by atoms with Crippen molar-refractivity contribution in [3.63, 3.8) is 0 Å². The quantitative estimate of drug-likeness (QED) is 0.728. The fraction of sp³-hybridized carbons (Fsp3) is 0.556. The Morgan fingerprint density at radius 1 is 1.77 bits per heavy atom. The number of aromatic nitrogens is 1. The molecule has 1 aliphatic rings. The van der Waals surface area contributed by atoms with Crippen molar-refractivity contribution in [1.82, 2.24) is 9.69 Å². The average Bonchev–Trinajstić information content (AvgIpc) is 2.73. The third-order valence-corrected chi connectivity index (χ3v) is 3.10. The highest BCUT2D eigenvalue weighted by Gasteiger charge is 2.37. The van der Waals surface area contributed by atoms with E-state index in [1.165, 1.54) is 11.5 Å². The summed E-state index contributed by atoms with van der Waals surface area (Å²) in [6.07, 6.45) is 2.00. The third-order valence-electron chi connectivity index (χ3n) is 2.54. The molecule has 1 N–H and O–H groups in total. The van der Waals surface area contributed by atoms with Gasteiger partial charge in [0.1, 0.15) is 5.69 Å². The molecule has 1 unspecified atom stereocenters. The predicted octanol–water partition coefficient (Wildman–Crippen LogP) is 1.47. The number of nitrogens with one attached hydrogen (secondary N) is 1. The first-order valence-electron chi connectivity index (χ1n) is 4.43. The molecule has 2 rings (SSSR count). The molecule has 13 heavy (non-hydrogen) atoms. The number of hydrogen-bond donors (Lipinski definition) is 1. The molecule has 1 aliphatic heterocycles. The summed E-state index contributed by atoms with van der Waals surface area (Å²) in [5.41, 5.74) is 0.232. The Hall–Kier alpha value is -0.740. The zero-order chi connectivity index (χ0) is 9.31. The van der Waals surface area contributed by atoms with Crippen LogP contribution in [-0.4, -0.2) is 22.2 Å². The lowest BCUT2D eigenvalue weighted by atomic mass is 9.93. The van der Waals surface area contributed by atoms with Crippen LogP contribution in [0.3, 0.4) is 0 Å². The molecule has 70 valence electrons. The number of carbonyl (C=O) groups excluding carboxylic acids is 1.